The molecule has 5 heterocycles. The summed E-state index contributed by atoms with van der Waals surface area (Å²) in [5.41, 5.74) is 2.77. The second-order valence-corrected chi connectivity index (χ2v) is 8.06. The summed E-state index contributed by atoms with van der Waals surface area (Å²) in [6.45, 7) is 4.47. The molecule has 9 nitrogen and oxygen atoms in total. The van der Waals surface area contributed by atoms with Crippen LogP contribution < -0.4 is 0 Å². The molecule has 1 N–H and O–H groups in total. The maximum absolute atomic E-state index is 6.09. The van der Waals surface area contributed by atoms with E-state index in [-0.39, 0.29) is 16.8 Å². The predicted molar refractivity (Wildman–Crippen MR) is 115 cm³/mol. The highest BCUT2D eigenvalue weighted by molar-refractivity contribution is 6.36. The minimum absolute atomic E-state index is 0.0861. The van der Waals surface area contributed by atoms with E-state index in [4.69, 9.17) is 51.1 Å². The highest BCUT2D eigenvalue weighted by Gasteiger charge is 2.22. The smallest absolute Gasteiger partial charge is 0.225 e. The summed E-state index contributed by atoms with van der Waals surface area (Å²) in [5.74, 6) is 0. The van der Waals surface area contributed by atoms with Gasteiger partial charge in [-0.05, 0) is 56.3 Å². The zero-order valence-corrected chi connectivity index (χ0v) is 19.0. The number of nitrogens with zero attached hydrogens (tertiary/aromatic N) is 7. The molecule has 0 amide bonds. The summed E-state index contributed by atoms with van der Waals surface area (Å²) in [7, 11) is 0. The molecule has 0 bridgehead atoms. The van der Waals surface area contributed by atoms with Crippen LogP contribution in [0.1, 0.15) is 36.9 Å². The van der Waals surface area contributed by atoms with E-state index in [0.717, 1.165) is 48.0 Å². The number of aromatic amines is 1. The van der Waals surface area contributed by atoms with Gasteiger partial charge in [-0.25, -0.2) is 14.6 Å². The Hall–Kier alpha value is -1.78. The third-order valence-electron chi connectivity index (χ3n) is 4.61. The fourth-order valence-electron chi connectivity index (χ4n) is 3.24. The number of aryl methyl sites for hydroxylation is 2. The zero-order valence-electron chi connectivity index (χ0n) is 16.0. The van der Waals surface area contributed by atoms with Crippen LogP contribution in [0.3, 0.4) is 0 Å². The first-order valence-electron chi connectivity index (χ1n) is 9.08. The normalized spacial score (nSPS) is 16.7. The molecule has 0 radical (unpaired) electrons. The molecule has 0 saturated carbocycles. The van der Waals surface area contributed by atoms with Gasteiger partial charge in [0.05, 0.1) is 16.5 Å². The molecule has 1 aliphatic heterocycles. The van der Waals surface area contributed by atoms with Gasteiger partial charge in [0.1, 0.15) is 10.3 Å². The van der Waals surface area contributed by atoms with Gasteiger partial charge in [-0.1, -0.05) is 23.2 Å². The molecule has 158 valence electrons. The summed E-state index contributed by atoms with van der Waals surface area (Å²) in [6, 6.07) is 0. The van der Waals surface area contributed by atoms with Crippen LogP contribution in [0.2, 0.25) is 20.9 Å². The third kappa shape index (κ3) is 4.17. The molecule has 1 unspecified atom stereocenters. The van der Waals surface area contributed by atoms with Crippen molar-refractivity contribution < 1.29 is 4.74 Å². The first kappa shape index (κ1) is 21.5. The molecule has 0 aliphatic carbocycles. The van der Waals surface area contributed by atoms with Crippen molar-refractivity contribution >= 4 is 68.5 Å². The van der Waals surface area contributed by atoms with Gasteiger partial charge in [-0.2, -0.15) is 20.2 Å². The van der Waals surface area contributed by atoms with Crippen LogP contribution in [-0.2, 0) is 4.74 Å². The fourth-order valence-corrected chi connectivity index (χ4v) is 4.27. The number of nitrogens with one attached hydrogen (secondary N) is 1. The number of hydrogen-bond donors (Lipinski definition) is 1. The molecule has 1 fully saturated rings. The number of aromatic nitrogens is 8. The van der Waals surface area contributed by atoms with Crippen molar-refractivity contribution in [1.82, 2.24) is 39.9 Å². The summed E-state index contributed by atoms with van der Waals surface area (Å²) in [4.78, 5) is 15.8. The minimum Gasteiger partial charge on any atom is -0.356 e. The highest BCUT2D eigenvalue weighted by Crippen LogP contribution is 2.30. The molecule has 0 spiro atoms. The second-order valence-electron chi connectivity index (χ2n) is 6.66. The number of hydrogen-bond acceptors (Lipinski definition) is 7. The average Bonchev–Trinajstić information content (AvgIpc) is 3.23. The van der Waals surface area contributed by atoms with Crippen molar-refractivity contribution in [2.24, 2.45) is 0 Å². The van der Waals surface area contributed by atoms with Crippen molar-refractivity contribution in [3.05, 3.63) is 32.3 Å². The lowest BCUT2D eigenvalue weighted by molar-refractivity contribution is -0.0371. The molecule has 13 heteroatoms. The maximum atomic E-state index is 6.09. The van der Waals surface area contributed by atoms with Crippen LogP contribution in [0.15, 0.2) is 0 Å². The van der Waals surface area contributed by atoms with E-state index < -0.39 is 0 Å². The van der Waals surface area contributed by atoms with Crippen molar-refractivity contribution in [2.45, 2.75) is 39.3 Å². The van der Waals surface area contributed by atoms with Gasteiger partial charge in [-0.15, -0.1) is 0 Å². The minimum atomic E-state index is -0.0861. The van der Waals surface area contributed by atoms with Gasteiger partial charge < -0.3 is 4.74 Å². The summed E-state index contributed by atoms with van der Waals surface area (Å²) >= 11 is 23.3. The zero-order chi connectivity index (χ0) is 21.4. The van der Waals surface area contributed by atoms with Crippen LogP contribution >= 0.6 is 46.4 Å². The Kier molecular flexibility index (Phi) is 6.26. The molecule has 1 saturated heterocycles. The van der Waals surface area contributed by atoms with Gasteiger partial charge in [0.15, 0.2) is 17.5 Å². The Labute approximate surface area is 191 Å². The lowest BCUT2D eigenvalue weighted by Gasteiger charge is -2.22. The van der Waals surface area contributed by atoms with E-state index in [2.05, 4.69) is 35.2 Å². The van der Waals surface area contributed by atoms with E-state index >= 15 is 0 Å². The van der Waals surface area contributed by atoms with Gasteiger partial charge in [0.25, 0.3) is 0 Å². The molecular weight excluding hydrogens is 474 g/mol. The first-order valence-corrected chi connectivity index (χ1v) is 10.6. The topological polar surface area (TPSA) is 107 Å². The van der Waals surface area contributed by atoms with Crippen molar-refractivity contribution in [1.29, 1.82) is 0 Å². The van der Waals surface area contributed by atoms with Crippen LogP contribution in [0, 0.1) is 13.8 Å². The van der Waals surface area contributed by atoms with E-state index in [1.54, 1.807) is 4.68 Å². The highest BCUT2D eigenvalue weighted by atomic mass is 35.5. The van der Waals surface area contributed by atoms with Crippen LogP contribution in [0.5, 0.6) is 0 Å². The molecule has 0 aromatic carbocycles. The van der Waals surface area contributed by atoms with Gasteiger partial charge in [-0.3, -0.25) is 5.10 Å². The number of H-pyrrole nitrogens is 1. The van der Waals surface area contributed by atoms with E-state index in [0.29, 0.717) is 21.6 Å². The van der Waals surface area contributed by atoms with E-state index in [1.165, 1.54) is 0 Å². The Morgan fingerprint density at radius 3 is 2.33 bits per heavy atom. The van der Waals surface area contributed by atoms with Crippen molar-refractivity contribution in [2.75, 3.05) is 6.61 Å². The Bertz CT molecular complexity index is 1220. The molecule has 30 heavy (non-hydrogen) atoms. The molecular formula is C17H16Cl4N8O. The Balaban J connectivity index is 0.000000158. The molecule has 4 aromatic heterocycles. The number of ether oxygens (including phenoxy) is 1. The standard InChI is InChI=1S/C11H12Cl2N4O.C6H4Cl2N4/c1-6-8-9(12)14-11(13)15-10(8)17(16-6)7-4-2-3-5-18-7;1-2-3-4(7)9-6(8)10-5(3)12-11-2/h7H,2-5H2,1H3;1H3,(H,9,10,11,12). The monoisotopic (exact) mass is 488 g/mol. The quantitative estimate of drug-likeness (QED) is 0.292. The third-order valence-corrected chi connectivity index (χ3v) is 5.49. The second kappa shape index (κ2) is 8.76. The predicted octanol–water partition coefficient (Wildman–Crippen LogP) is 5.11. The van der Waals surface area contributed by atoms with Gasteiger partial charge in [0.2, 0.25) is 10.6 Å². The largest absolute Gasteiger partial charge is 0.356 e. The van der Waals surface area contributed by atoms with Gasteiger partial charge in [0, 0.05) is 12.3 Å². The Morgan fingerprint density at radius 2 is 1.63 bits per heavy atom. The summed E-state index contributed by atoms with van der Waals surface area (Å²) in [5, 5.41) is 13.5. The lowest BCUT2D eigenvalue weighted by Crippen LogP contribution is -2.19. The first-order chi connectivity index (χ1) is 14.3. The fraction of sp³-hybridized carbons (Fsp3) is 0.412. The van der Waals surface area contributed by atoms with Crippen molar-refractivity contribution in [3.63, 3.8) is 0 Å². The van der Waals surface area contributed by atoms with Crippen LogP contribution in [-0.4, -0.2) is 46.5 Å². The molecule has 5 rings (SSSR count). The van der Waals surface area contributed by atoms with Crippen LogP contribution in [0.25, 0.3) is 22.1 Å². The number of rotatable bonds is 1. The summed E-state index contributed by atoms with van der Waals surface area (Å²) < 4.78 is 7.49. The number of halogens is 4. The van der Waals surface area contributed by atoms with Crippen LogP contribution in [0.4, 0.5) is 0 Å². The summed E-state index contributed by atoms with van der Waals surface area (Å²) in [6.07, 6.45) is 3.05. The lowest BCUT2D eigenvalue weighted by atomic mass is 10.2. The number of fused-ring (bicyclic) bond motifs is 2. The van der Waals surface area contributed by atoms with Crippen molar-refractivity contribution in [3.8, 4) is 0 Å². The SMILES string of the molecule is Cc1[nH]nc2nc(Cl)nc(Cl)c12.Cc1nn(C2CCCCO2)c2nc(Cl)nc(Cl)c12. The molecule has 1 atom stereocenters. The van der Waals surface area contributed by atoms with Gasteiger partial charge >= 0.3 is 0 Å². The maximum Gasteiger partial charge on any atom is 0.225 e. The molecule has 4 aromatic rings. The molecule has 1 aliphatic rings. The average molecular weight is 490 g/mol. The Morgan fingerprint density at radius 1 is 0.933 bits per heavy atom. The van der Waals surface area contributed by atoms with E-state index in [1.807, 2.05) is 13.8 Å². The van der Waals surface area contributed by atoms with E-state index in [9.17, 15) is 0 Å².